The number of hydrazine groups is 1. The normalized spacial score (nSPS) is 25.6. The minimum absolute atomic E-state index is 0.813. The van der Waals surface area contributed by atoms with Gasteiger partial charge < -0.3 is 0 Å². The van der Waals surface area contributed by atoms with Gasteiger partial charge in [0, 0.05) is 5.57 Å². The molecule has 0 bridgehead atoms. The molecule has 0 saturated carbocycles. The predicted molar refractivity (Wildman–Crippen MR) is 70.1 cm³/mol. The summed E-state index contributed by atoms with van der Waals surface area (Å²) in [7, 11) is 0. The molecule has 0 saturated heterocycles. The van der Waals surface area contributed by atoms with E-state index in [-0.39, 0.29) is 0 Å². The van der Waals surface area contributed by atoms with Crippen molar-refractivity contribution in [1.82, 2.24) is 10.0 Å². The number of rotatable bonds is 0. The maximum absolute atomic E-state index is 4.69. The first kappa shape index (κ1) is 9.70. The van der Waals surface area contributed by atoms with Gasteiger partial charge in [-0.05, 0) is 25.5 Å². The highest BCUT2D eigenvalue weighted by Crippen LogP contribution is 2.36. The number of hydrogen-bond acceptors (Lipinski definition) is 6. The molecule has 88 valence electrons. The van der Waals surface area contributed by atoms with Crippen LogP contribution in [-0.4, -0.2) is 46.3 Å². The minimum Gasteiger partial charge on any atom is -0.264 e. The number of thioether (sulfide) groups is 1. The highest BCUT2D eigenvalue weighted by atomic mass is 32.2. The van der Waals surface area contributed by atoms with Crippen molar-refractivity contribution in [3.05, 3.63) is 11.3 Å². The predicted octanol–water partition coefficient (Wildman–Crippen LogP) is 1.46. The highest BCUT2D eigenvalue weighted by molar-refractivity contribution is 8.13. The molecule has 0 amide bonds. The lowest BCUT2D eigenvalue weighted by molar-refractivity contribution is 0.226. The minimum atomic E-state index is 0.813. The average molecular weight is 247 g/mol. The van der Waals surface area contributed by atoms with E-state index in [0.29, 0.717) is 0 Å². The van der Waals surface area contributed by atoms with Gasteiger partial charge in [0.15, 0.2) is 11.0 Å². The third-order valence-corrected chi connectivity index (χ3v) is 4.16. The summed E-state index contributed by atoms with van der Waals surface area (Å²) in [5.41, 5.74) is 2.55. The Morgan fingerprint density at radius 2 is 2.18 bits per heavy atom. The summed E-state index contributed by atoms with van der Waals surface area (Å²) in [6, 6.07) is 0. The van der Waals surface area contributed by atoms with E-state index >= 15 is 0 Å². The van der Waals surface area contributed by atoms with Gasteiger partial charge in [0.1, 0.15) is 0 Å². The van der Waals surface area contributed by atoms with Gasteiger partial charge in [-0.15, -0.1) is 0 Å². The second kappa shape index (κ2) is 3.35. The first-order chi connectivity index (χ1) is 8.38. The molecule has 17 heavy (non-hydrogen) atoms. The van der Waals surface area contributed by atoms with E-state index in [2.05, 4.69) is 31.3 Å². The topological polar surface area (TPSA) is 43.6 Å². The maximum atomic E-state index is 4.69. The first-order valence-corrected chi connectivity index (χ1v) is 7.17. The molecule has 0 radical (unpaired) electrons. The lowest BCUT2D eigenvalue weighted by Crippen LogP contribution is -2.52. The number of guanidine groups is 1. The number of hydrogen-bond donors (Lipinski definition) is 0. The molecule has 0 N–H and O–H groups in total. The van der Waals surface area contributed by atoms with Crippen LogP contribution < -0.4 is 0 Å². The third-order valence-electron chi connectivity index (χ3n) is 3.50. The molecule has 0 aromatic carbocycles. The van der Waals surface area contributed by atoms with Crippen molar-refractivity contribution in [3.63, 3.8) is 0 Å². The molecular formula is C11H13N5S. The van der Waals surface area contributed by atoms with Crippen molar-refractivity contribution in [2.75, 3.05) is 19.3 Å². The molecule has 5 nitrogen and oxygen atoms in total. The van der Waals surface area contributed by atoms with Crippen LogP contribution in [-0.2, 0) is 0 Å². The Labute approximate surface area is 104 Å². The van der Waals surface area contributed by atoms with Crippen LogP contribution in [0.15, 0.2) is 26.2 Å². The van der Waals surface area contributed by atoms with Crippen molar-refractivity contribution in [1.29, 1.82) is 0 Å². The molecule has 3 heterocycles. The number of nitrogens with zero attached hydrogens (tertiary/aromatic N) is 5. The highest BCUT2D eigenvalue weighted by Gasteiger charge is 2.41. The van der Waals surface area contributed by atoms with E-state index in [4.69, 9.17) is 0 Å². The molecule has 0 aromatic heterocycles. The molecule has 0 aromatic rings. The van der Waals surface area contributed by atoms with Crippen LogP contribution in [0.2, 0.25) is 0 Å². The zero-order chi connectivity index (χ0) is 11.4. The van der Waals surface area contributed by atoms with Crippen LogP contribution in [0.4, 0.5) is 0 Å². The number of amidine groups is 2. The van der Waals surface area contributed by atoms with Gasteiger partial charge in [0.2, 0.25) is 0 Å². The molecule has 6 heteroatoms. The summed E-state index contributed by atoms with van der Waals surface area (Å²) in [5.74, 6) is 1.91. The fraction of sp³-hybridized carbons (Fsp3) is 0.545. The number of allylic oxidation sites excluding steroid dienone is 1. The van der Waals surface area contributed by atoms with E-state index < -0.39 is 0 Å². The van der Waals surface area contributed by atoms with Crippen molar-refractivity contribution < 1.29 is 0 Å². The zero-order valence-corrected chi connectivity index (χ0v) is 10.5. The fourth-order valence-electron chi connectivity index (χ4n) is 2.77. The van der Waals surface area contributed by atoms with Crippen LogP contribution in [0.1, 0.15) is 19.3 Å². The third kappa shape index (κ3) is 1.19. The van der Waals surface area contributed by atoms with Crippen LogP contribution in [0.3, 0.4) is 0 Å². The molecule has 4 rings (SSSR count). The van der Waals surface area contributed by atoms with Crippen LogP contribution in [0.5, 0.6) is 0 Å². The Morgan fingerprint density at radius 1 is 1.24 bits per heavy atom. The smallest absolute Gasteiger partial charge is 0.253 e. The standard InChI is InChI=1S/C11H13N5S/c1-17-11-14-10-13-8-4-2-3-7(8)9-12-5-6-15(11)16(9)10/h2-6H2,1H3. The molecule has 0 fully saturated rings. The van der Waals surface area contributed by atoms with Crippen molar-refractivity contribution in [2.45, 2.75) is 19.3 Å². The molecule has 1 aliphatic carbocycles. The Balaban J connectivity index is 1.88. The number of fused-ring (bicyclic) bond motifs is 1. The molecular weight excluding hydrogens is 234 g/mol. The summed E-state index contributed by atoms with van der Waals surface area (Å²) in [5, 5.41) is 5.34. The molecule has 0 spiro atoms. The van der Waals surface area contributed by atoms with E-state index in [9.17, 15) is 0 Å². The molecule has 4 aliphatic rings. The van der Waals surface area contributed by atoms with E-state index in [0.717, 1.165) is 42.9 Å². The second-order valence-corrected chi connectivity index (χ2v) is 5.20. The van der Waals surface area contributed by atoms with E-state index in [1.165, 1.54) is 17.7 Å². The quantitative estimate of drug-likeness (QED) is 0.651. The summed E-state index contributed by atoms with van der Waals surface area (Å²) in [6.45, 7) is 1.76. The average Bonchev–Trinajstić information content (AvgIpc) is 2.95. The lowest BCUT2D eigenvalue weighted by atomic mass is 10.1. The summed E-state index contributed by atoms with van der Waals surface area (Å²) in [6.07, 6.45) is 5.46. The maximum Gasteiger partial charge on any atom is 0.253 e. The van der Waals surface area contributed by atoms with Crippen LogP contribution in [0, 0.1) is 0 Å². The Morgan fingerprint density at radius 3 is 3.06 bits per heavy atom. The molecule has 0 atom stereocenters. The summed E-state index contributed by atoms with van der Waals surface area (Å²) < 4.78 is 0. The second-order valence-electron chi connectivity index (χ2n) is 4.43. The summed E-state index contributed by atoms with van der Waals surface area (Å²) in [4.78, 5) is 14.0. The summed E-state index contributed by atoms with van der Waals surface area (Å²) >= 11 is 1.68. The van der Waals surface area contributed by atoms with Gasteiger partial charge in [-0.3, -0.25) is 10.0 Å². The lowest BCUT2D eigenvalue weighted by Gasteiger charge is -2.36. The van der Waals surface area contributed by atoms with Crippen molar-refractivity contribution in [3.8, 4) is 0 Å². The van der Waals surface area contributed by atoms with Gasteiger partial charge in [0.05, 0.1) is 18.8 Å². The first-order valence-electron chi connectivity index (χ1n) is 5.94. The van der Waals surface area contributed by atoms with E-state index in [1.807, 2.05) is 0 Å². The van der Waals surface area contributed by atoms with Crippen molar-refractivity contribution in [2.24, 2.45) is 15.0 Å². The van der Waals surface area contributed by atoms with Gasteiger partial charge in [-0.1, -0.05) is 11.8 Å². The Kier molecular flexibility index (Phi) is 1.91. The SMILES string of the molecule is CSC1=NC2=NC3=C(CCC3)C3=NCCN1N23. The van der Waals surface area contributed by atoms with Crippen LogP contribution >= 0.6 is 11.8 Å². The van der Waals surface area contributed by atoms with Gasteiger partial charge in [0.25, 0.3) is 5.96 Å². The van der Waals surface area contributed by atoms with Gasteiger partial charge in [-0.2, -0.15) is 10.0 Å². The van der Waals surface area contributed by atoms with Gasteiger partial charge in [-0.25, -0.2) is 4.99 Å². The zero-order valence-electron chi connectivity index (χ0n) is 9.68. The van der Waals surface area contributed by atoms with Crippen molar-refractivity contribution >= 4 is 28.7 Å². The Bertz CT molecular complexity index is 516. The number of aliphatic imine (C=N–C) groups is 3. The van der Waals surface area contributed by atoms with Crippen LogP contribution in [0.25, 0.3) is 0 Å². The molecule has 0 unspecified atom stereocenters. The fourth-order valence-corrected chi connectivity index (χ4v) is 3.32. The van der Waals surface area contributed by atoms with Gasteiger partial charge >= 0.3 is 0 Å². The van der Waals surface area contributed by atoms with E-state index in [1.54, 1.807) is 11.8 Å². The molecule has 3 aliphatic heterocycles. The monoisotopic (exact) mass is 247 g/mol. The Hall–Kier alpha value is -1.30. The largest absolute Gasteiger partial charge is 0.264 e.